The van der Waals surface area contributed by atoms with Gasteiger partial charge in [-0.1, -0.05) is 12.1 Å². The number of hydrogen-bond acceptors (Lipinski definition) is 5. The Balaban J connectivity index is 1.53. The summed E-state index contributed by atoms with van der Waals surface area (Å²) in [7, 11) is 1.72. The van der Waals surface area contributed by atoms with E-state index in [0.29, 0.717) is 30.4 Å². The van der Waals surface area contributed by atoms with E-state index in [0.717, 1.165) is 23.4 Å². The summed E-state index contributed by atoms with van der Waals surface area (Å²) in [6.07, 6.45) is -3.47. The topological polar surface area (TPSA) is 89.4 Å². The lowest BCUT2D eigenvalue weighted by atomic mass is 10.0. The largest absolute Gasteiger partial charge is 0.466 e. The number of aromatic nitrogens is 3. The molecular weight excluding hydrogens is 463 g/mol. The number of alkyl halides is 3. The molecule has 0 bridgehead atoms. The van der Waals surface area contributed by atoms with Crippen molar-refractivity contribution in [3.63, 3.8) is 0 Å². The van der Waals surface area contributed by atoms with Crippen LogP contribution in [-0.2, 0) is 22.8 Å². The van der Waals surface area contributed by atoms with Crippen molar-refractivity contribution in [3.05, 3.63) is 52.7 Å². The van der Waals surface area contributed by atoms with E-state index in [4.69, 9.17) is 4.74 Å². The number of nitrogens with zero attached hydrogens (tertiary/aromatic N) is 4. The molecule has 1 aliphatic rings. The number of aryl methyl sites for hydroxylation is 3. The van der Waals surface area contributed by atoms with Crippen LogP contribution in [0.5, 0.6) is 5.88 Å². The number of fused-ring (bicyclic) bond motifs is 1. The predicted octanol–water partition coefficient (Wildman–Crippen LogP) is 3.46. The van der Waals surface area contributed by atoms with Gasteiger partial charge < -0.3 is 15.0 Å². The van der Waals surface area contributed by atoms with Crippen LogP contribution in [0, 0.1) is 13.8 Å². The molecule has 4 rings (SSSR count). The minimum atomic E-state index is -4.53. The Morgan fingerprint density at radius 1 is 1.26 bits per heavy atom. The maximum atomic E-state index is 13.3. The fourth-order valence-corrected chi connectivity index (χ4v) is 4.30. The van der Waals surface area contributed by atoms with E-state index in [1.807, 2.05) is 19.9 Å². The fourth-order valence-electron chi connectivity index (χ4n) is 4.30. The lowest BCUT2D eigenvalue weighted by molar-refractivity contribution is -0.137. The van der Waals surface area contributed by atoms with E-state index < -0.39 is 30.3 Å². The van der Waals surface area contributed by atoms with Crippen LogP contribution in [0.1, 0.15) is 41.3 Å². The van der Waals surface area contributed by atoms with Gasteiger partial charge in [0.15, 0.2) is 12.3 Å². The van der Waals surface area contributed by atoms with Crippen LogP contribution in [0.25, 0.3) is 11.0 Å². The highest BCUT2D eigenvalue weighted by molar-refractivity contribution is 5.86. The molecule has 3 heterocycles. The van der Waals surface area contributed by atoms with Gasteiger partial charge in [0.1, 0.15) is 0 Å². The number of halogens is 3. The third kappa shape index (κ3) is 5.39. The Bertz CT molecular complexity index is 1270. The van der Waals surface area contributed by atoms with E-state index in [9.17, 15) is 22.8 Å². The highest BCUT2D eigenvalue weighted by Gasteiger charge is 2.32. The molecule has 1 unspecified atom stereocenters. The first-order chi connectivity index (χ1) is 16.5. The Labute approximate surface area is 200 Å². The predicted molar refractivity (Wildman–Crippen MR) is 122 cm³/mol. The van der Waals surface area contributed by atoms with E-state index in [-0.39, 0.29) is 23.9 Å². The summed E-state index contributed by atoms with van der Waals surface area (Å²) in [5, 5.41) is 7.72. The van der Waals surface area contributed by atoms with E-state index in [1.54, 1.807) is 16.6 Å². The molecule has 0 radical (unpaired) electrons. The molecule has 3 aromatic rings. The molecule has 2 aromatic heterocycles. The zero-order valence-electron chi connectivity index (χ0n) is 19.6. The van der Waals surface area contributed by atoms with Crippen LogP contribution in [0.2, 0.25) is 0 Å². The summed E-state index contributed by atoms with van der Waals surface area (Å²) in [6, 6.07) is 5.81. The molecule has 2 amide bonds. The standard InChI is InChI=1S/C24H26F3N5O3/c1-14-10-15(2)28-22-21(14)23(30-31(22)3)35-13-19(33)29-18(12-32-9-5-8-20(32)34)16-6-4-7-17(11-16)24(25,26)27/h4,6-7,10-11,18H,5,8-9,12-13H2,1-3H3,(H,29,33). The molecule has 0 saturated carbocycles. The molecule has 1 N–H and O–H groups in total. The molecule has 8 nitrogen and oxygen atoms in total. The Morgan fingerprint density at radius 2 is 2.03 bits per heavy atom. The highest BCUT2D eigenvalue weighted by atomic mass is 19.4. The van der Waals surface area contributed by atoms with Crippen molar-refractivity contribution in [2.45, 2.75) is 38.9 Å². The molecule has 1 aromatic carbocycles. The Kier molecular flexibility index (Phi) is 6.68. The van der Waals surface area contributed by atoms with Crippen molar-refractivity contribution < 1.29 is 27.5 Å². The van der Waals surface area contributed by atoms with Gasteiger partial charge in [0.25, 0.3) is 5.91 Å². The molecular formula is C24H26F3N5O3. The van der Waals surface area contributed by atoms with Crippen LogP contribution < -0.4 is 10.1 Å². The number of likely N-dealkylation sites (tertiary alicyclic amines) is 1. The second-order valence-electron chi connectivity index (χ2n) is 8.68. The average molecular weight is 489 g/mol. The quantitative estimate of drug-likeness (QED) is 0.549. The van der Waals surface area contributed by atoms with Crippen molar-refractivity contribution in [1.29, 1.82) is 0 Å². The molecule has 186 valence electrons. The molecule has 1 atom stereocenters. The molecule has 1 saturated heterocycles. The summed E-state index contributed by atoms with van der Waals surface area (Å²) in [5.41, 5.74) is 1.77. The van der Waals surface area contributed by atoms with Crippen LogP contribution >= 0.6 is 0 Å². The van der Waals surface area contributed by atoms with Gasteiger partial charge in [0.2, 0.25) is 11.8 Å². The molecule has 1 fully saturated rings. The van der Waals surface area contributed by atoms with Gasteiger partial charge in [-0.2, -0.15) is 13.2 Å². The van der Waals surface area contributed by atoms with Crippen LogP contribution in [0.15, 0.2) is 30.3 Å². The highest BCUT2D eigenvalue weighted by Crippen LogP contribution is 2.31. The molecule has 0 spiro atoms. The minimum Gasteiger partial charge on any atom is -0.466 e. The average Bonchev–Trinajstić information content (AvgIpc) is 3.34. The number of amides is 2. The lowest BCUT2D eigenvalue weighted by Gasteiger charge is -2.25. The summed E-state index contributed by atoms with van der Waals surface area (Å²) in [4.78, 5) is 31.0. The van der Waals surface area contributed by atoms with E-state index >= 15 is 0 Å². The molecule has 0 aliphatic carbocycles. The van der Waals surface area contributed by atoms with Gasteiger partial charge in [-0.3, -0.25) is 9.59 Å². The number of benzene rings is 1. The molecule has 1 aliphatic heterocycles. The summed E-state index contributed by atoms with van der Waals surface area (Å²) in [5.74, 6) is -0.394. The summed E-state index contributed by atoms with van der Waals surface area (Å²) in [6.45, 7) is 3.92. The van der Waals surface area contributed by atoms with Gasteiger partial charge in [-0.15, -0.1) is 5.10 Å². The molecule has 11 heteroatoms. The van der Waals surface area contributed by atoms with Gasteiger partial charge in [0, 0.05) is 32.3 Å². The number of nitrogens with one attached hydrogen (secondary N) is 1. The van der Waals surface area contributed by atoms with Gasteiger partial charge >= 0.3 is 6.18 Å². The van der Waals surface area contributed by atoms with Gasteiger partial charge in [-0.25, -0.2) is 9.67 Å². The second kappa shape index (κ2) is 9.55. The van der Waals surface area contributed by atoms with Crippen molar-refractivity contribution >= 4 is 22.8 Å². The monoisotopic (exact) mass is 489 g/mol. The van der Waals surface area contributed by atoms with Crippen molar-refractivity contribution in [2.24, 2.45) is 7.05 Å². The Hall–Kier alpha value is -3.63. The van der Waals surface area contributed by atoms with Crippen LogP contribution in [0.3, 0.4) is 0 Å². The zero-order chi connectivity index (χ0) is 25.3. The fraction of sp³-hybridized carbons (Fsp3) is 0.417. The summed E-state index contributed by atoms with van der Waals surface area (Å²) < 4.78 is 47.1. The van der Waals surface area contributed by atoms with Crippen LogP contribution in [0.4, 0.5) is 13.2 Å². The minimum absolute atomic E-state index is 0.0701. The first kappa shape index (κ1) is 24.5. The Morgan fingerprint density at radius 3 is 2.71 bits per heavy atom. The van der Waals surface area contributed by atoms with E-state index in [1.165, 1.54) is 12.1 Å². The number of carbonyl (C=O) groups is 2. The third-order valence-electron chi connectivity index (χ3n) is 5.95. The lowest BCUT2D eigenvalue weighted by Crippen LogP contribution is -2.40. The van der Waals surface area contributed by atoms with E-state index in [2.05, 4.69) is 15.4 Å². The summed E-state index contributed by atoms with van der Waals surface area (Å²) >= 11 is 0. The third-order valence-corrected chi connectivity index (χ3v) is 5.95. The number of carbonyl (C=O) groups excluding carboxylic acids is 2. The number of pyridine rings is 1. The van der Waals surface area contributed by atoms with Crippen molar-refractivity contribution in [1.82, 2.24) is 25.0 Å². The smallest absolute Gasteiger partial charge is 0.416 e. The first-order valence-corrected chi connectivity index (χ1v) is 11.2. The maximum Gasteiger partial charge on any atom is 0.416 e. The number of hydrogen-bond donors (Lipinski definition) is 1. The normalized spacial score (nSPS) is 15.0. The first-order valence-electron chi connectivity index (χ1n) is 11.2. The van der Waals surface area contributed by atoms with Crippen molar-refractivity contribution in [2.75, 3.05) is 19.7 Å². The van der Waals surface area contributed by atoms with Gasteiger partial charge in [0.05, 0.1) is 17.0 Å². The second-order valence-corrected chi connectivity index (χ2v) is 8.68. The zero-order valence-corrected chi connectivity index (χ0v) is 19.6. The van der Waals surface area contributed by atoms with Crippen LogP contribution in [-0.4, -0.2) is 51.2 Å². The number of ether oxygens (including phenoxy) is 1. The number of rotatable bonds is 7. The molecule has 35 heavy (non-hydrogen) atoms. The maximum absolute atomic E-state index is 13.3. The van der Waals surface area contributed by atoms with Gasteiger partial charge in [-0.05, 0) is 49.6 Å². The van der Waals surface area contributed by atoms with Crippen molar-refractivity contribution in [3.8, 4) is 5.88 Å². The SMILES string of the molecule is Cc1cc(C)c2c(OCC(=O)NC(CN3CCCC3=O)c3cccc(C(F)(F)F)c3)nn(C)c2n1.